The first kappa shape index (κ1) is 30.1. The molecule has 0 spiro atoms. The van der Waals surface area contributed by atoms with Crippen molar-refractivity contribution in [1.29, 1.82) is 0 Å². The standard InChI is InChI=1S/C29H32F2N6O5S/c1-28(2,3)41-26(38)36-25-35-21-15(8-9-17(30)23(21)43-25)16-10-18(40-7)19-22(20(16)31)32-13-33-24(19)34-14-11-37(12-14)27(39)42-29(4,5)6/h8-10,13-14H,11-12H2,1-7H3,(H,32,33,34)(H,35,36,38). The lowest BCUT2D eigenvalue weighted by Gasteiger charge is -2.40. The van der Waals surface area contributed by atoms with E-state index in [0.717, 1.165) is 11.3 Å². The molecule has 2 aromatic carbocycles. The van der Waals surface area contributed by atoms with Crippen LogP contribution in [0, 0.1) is 11.6 Å². The van der Waals surface area contributed by atoms with E-state index in [-0.39, 0.29) is 43.8 Å². The van der Waals surface area contributed by atoms with Gasteiger partial charge in [-0.3, -0.25) is 5.32 Å². The fourth-order valence-corrected chi connectivity index (χ4v) is 5.40. The highest BCUT2D eigenvalue weighted by Crippen LogP contribution is 2.42. The predicted molar refractivity (Wildman–Crippen MR) is 160 cm³/mol. The van der Waals surface area contributed by atoms with Crippen molar-refractivity contribution in [2.75, 3.05) is 30.8 Å². The second kappa shape index (κ2) is 11.1. The first-order valence-electron chi connectivity index (χ1n) is 13.5. The number of amides is 2. The number of aromatic nitrogens is 3. The van der Waals surface area contributed by atoms with Crippen LogP contribution in [0.5, 0.6) is 5.75 Å². The largest absolute Gasteiger partial charge is 0.496 e. The Morgan fingerprint density at radius 1 is 1.00 bits per heavy atom. The van der Waals surface area contributed by atoms with Gasteiger partial charge in [0.05, 0.1) is 28.8 Å². The third-order valence-corrected chi connectivity index (χ3v) is 7.28. The SMILES string of the molecule is COc1cc(-c2ccc(F)c3sc(NC(=O)OC(C)(C)C)nc23)c(F)c2ncnc(NC3CN(C(=O)OC(C)(C)C)C3)c12. The van der Waals surface area contributed by atoms with Gasteiger partial charge in [0.2, 0.25) is 0 Å². The lowest BCUT2D eigenvalue weighted by atomic mass is 10.0. The molecule has 0 aliphatic carbocycles. The van der Waals surface area contributed by atoms with E-state index in [1.807, 2.05) is 0 Å². The zero-order chi connectivity index (χ0) is 31.3. The normalized spacial score (nSPS) is 14.0. The Bertz CT molecular complexity index is 1730. The van der Waals surface area contributed by atoms with Crippen LogP contribution in [0.3, 0.4) is 0 Å². The number of benzene rings is 2. The van der Waals surface area contributed by atoms with Crippen LogP contribution < -0.4 is 15.4 Å². The van der Waals surface area contributed by atoms with Gasteiger partial charge >= 0.3 is 12.2 Å². The molecule has 5 rings (SSSR count). The van der Waals surface area contributed by atoms with E-state index in [9.17, 15) is 14.0 Å². The zero-order valence-electron chi connectivity index (χ0n) is 24.8. The Balaban J connectivity index is 1.47. The van der Waals surface area contributed by atoms with Crippen molar-refractivity contribution in [2.24, 2.45) is 0 Å². The molecule has 0 radical (unpaired) electrons. The van der Waals surface area contributed by atoms with Crippen molar-refractivity contribution >= 4 is 55.6 Å². The maximum atomic E-state index is 16.2. The van der Waals surface area contributed by atoms with Crippen LogP contribution in [0.25, 0.3) is 32.2 Å². The van der Waals surface area contributed by atoms with Gasteiger partial charge in [-0.2, -0.15) is 0 Å². The monoisotopic (exact) mass is 614 g/mol. The van der Waals surface area contributed by atoms with Crippen molar-refractivity contribution in [3.05, 3.63) is 36.2 Å². The third-order valence-electron chi connectivity index (χ3n) is 6.30. The van der Waals surface area contributed by atoms with E-state index >= 15 is 4.39 Å². The van der Waals surface area contributed by atoms with Crippen LogP contribution in [0.4, 0.5) is 29.3 Å². The maximum absolute atomic E-state index is 16.2. The summed E-state index contributed by atoms with van der Waals surface area (Å²) in [4.78, 5) is 39.1. The summed E-state index contributed by atoms with van der Waals surface area (Å²) < 4.78 is 47.5. The summed E-state index contributed by atoms with van der Waals surface area (Å²) in [5.41, 5.74) is -0.856. The van der Waals surface area contributed by atoms with Crippen molar-refractivity contribution < 1.29 is 32.6 Å². The molecule has 2 N–H and O–H groups in total. The van der Waals surface area contributed by atoms with Gasteiger partial charge in [-0.05, 0) is 59.7 Å². The number of nitrogens with one attached hydrogen (secondary N) is 2. The fraction of sp³-hybridized carbons (Fsp3) is 0.414. The molecule has 14 heteroatoms. The van der Waals surface area contributed by atoms with Crippen LogP contribution in [-0.4, -0.2) is 69.5 Å². The number of hydrogen-bond donors (Lipinski definition) is 2. The minimum atomic E-state index is -0.746. The minimum absolute atomic E-state index is 0.0185. The van der Waals surface area contributed by atoms with E-state index in [4.69, 9.17) is 14.2 Å². The summed E-state index contributed by atoms with van der Waals surface area (Å²) in [5.74, 6) is -0.648. The molecule has 1 saturated heterocycles. The van der Waals surface area contributed by atoms with Gasteiger partial charge in [-0.1, -0.05) is 11.3 Å². The number of thiazole rings is 1. The number of anilines is 2. The predicted octanol–water partition coefficient (Wildman–Crippen LogP) is 6.57. The highest BCUT2D eigenvalue weighted by molar-refractivity contribution is 7.22. The van der Waals surface area contributed by atoms with Gasteiger partial charge in [0.1, 0.15) is 40.4 Å². The van der Waals surface area contributed by atoms with Crippen LogP contribution >= 0.6 is 11.3 Å². The molecule has 0 saturated carbocycles. The second-order valence-corrected chi connectivity index (χ2v) is 13.0. The van der Waals surface area contributed by atoms with E-state index in [2.05, 4.69) is 25.6 Å². The van der Waals surface area contributed by atoms with Crippen molar-refractivity contribution in [3.8, 4) is 16.9 Å². The Hall–Kier alpha value is -4.33. The topological polar surface area (TPSA) is 128 Å². The number of nitrogens with zero attached hydrogens (tertiary/aromatic N) is 4. The molecule has 228 valence electrons. The van der Waals surface area contributed by atoms with Crippen LogP contribution in [-0.2, 0) is 9.47 Å². The zero-order valence-corrected chi connectivity index (χ0v) is 25.6. The first-order valence-corrected chi connectivity index (χ1v) is 14.3. The lowest BCUT2D eigenvalue weighted by molar-refractivity contribution is 0.0104. The smallest absolute Gasteiger partial charge is 0.413 e. The number of halogens is 2. The Morgan fingerprint density at radius 3 is 2.35 bits per heavy atom. The van der Waals surface area contributed by atoms with Gasteiger partial charge in [0, 0.05) is 24.2 Å². The van der Waals surface area contributed by atoms with Crippen LogP contribution in [0.2, 0.25) is 0 Å². The van der Waals surface area contributed by atoms with Gasteiger partial charge in [0.25, 0.3) is 0 Å². The molecule has 1 aliphatic heterocycles. The summed E-state index contributed by atoms with van der Waals surface area (Å²) in [6, 6.07) is 3.95. The number of hydrogen-bond acceptors (Lipinski definition) is 10. The molecule has 0 bridgehead atoms. The molecule has 1 aliphatic rings. The van der Waals surface area contributed by atoms with Crippen molar-refractivity contribution in [1.82, 2.24) is 19.9 Å². The summed E-state index contributed by atoms with van der Waals surface area (Å²) in [6.45, 7) is 11.3. The average molecular weight is 615 g/mol. The average Bonchev–Trinajstić information content (AvgIpc) is 3.29. The summed E-state index contributed by atoms with van der Waals surface area (Å²) in [7, 11) is 1.44. The van der Waals surface area contributed by atoms with Crippen LogP contribution in [0.15, 0.2) is 24.5 Å². The number of likely N-dealkylation sites (tertiary alicyclic amines) is 1. The molecule has 3 heterocycles. The molecular formula is C29H32F2N6O5S. The highest BCUT2D eigenvalue weighted by atomic mass is 32.1. The van der Waals surface area contributed by atoms with Crippen molar-refractivity contribution in [3.63, 3.8) is 0 Å². The Labute approximate surface area is 250 Å². The molecule has 43 heavy (non-hydrogen) atoms. The fourth-order valence-electron chi connectivity index (χ4n) is 4.52. The van der Waals surface area contributed by atoms with Gasteiger partial charge in [-0.25, -0.2) is 33.3 Å². The quantitative estimate of drug-likeness (QED) is 0.256. The number of methoxy groups -OCH3 is 1. The van der Waals surface area contributed by atoms with Crippen molar-refractivity contribution in [2.45, 2.75) is 58.8 Å². The molecule has 2 aromatic heterocycles. The second-order valence-electron chi connectivity index (χ2n) is 12.0. The molecule has 11 nitrogen and oxygen atoms in total. The molecule has 4 aromatic rings. The number of carbonyl (C=O) groups is 2. The van der Waals surface area contributed by atoms with Crippen LogP contribution in [0.1, 0.15) is 41.5 Å². The van der Waals surface area contributed by atoms with Gasteiger partial charge < -0.3 is 24.4 Å². The van der Waals surface area contributed by atoms with E-state index in [1.165, 1.54) is 31.6 Å². The van der Waals surface area contributed by atoms with E-state index < -0.39 is 35.0 Å². The molecule has 0 atom stereocenters. The van der Waals surface area contributed by atoms with E-state index in [1.54, 1.807) is 46.4 Å². The molecule has 0 unspecified atom stereocenters. The number of carbonyl (C=O) groups excluding carboxylic acids is 2. The first-order chi connectivity index (χ1) is 20.1. The van der Waals surface area contributed by atoms with Gasteiger partial charge in [-0.15, -0.1) is 0 Å². The highest BCUT2D eigenvalue weighted by Gasteiger charge is 2.34. The Morgan fingerprint density at radius 2 is 1.70 bits per heavy atom. The number of rotatable bonds is 5. The molecule has 2 amide bonds. The third kappa shape index (κ3) is 6.38. The summed E-state index contributed by atoms with van der Waals surface area (Å²) in [6.07, 6.45) is 0.0701. The van der Waals surface area contributed by atoms with E-state index in [0.29, 0.717) is 24.3 Å². The summed E-state index contributed by atoms with van der Waals surface area (Å²) >= 11 is 0.905. The minimum Gasteiger partial charge on any atom is -0.496 e. The number of ether oxygens (including phenoxy) is 3. The molecule has 1 fully saturated rings. The Kier molecular flexibility index (Phi) is 7.75. The number of fused-ring (bicyclic) bond motifs is 2. The summed E-state index contributed by atoms with van der Waals surface area (Å²) in [5, 5.41) is 6.17. The van der Waals surface area contributed by atoms with Gasteiger partial charge in [0.15, 0.2) is 10.9 Å². The molecular weight excluding hydrogens is 582 g/mol. The lowest BCUT2D eigenvalue weighted by Crippen LogP contribution is -2.58. The maximum Gasteiger partial charge on any atom is 0.413 e.